The van der Waals surface area contributed by atoms with Gasteiger partial charge < -0.3 is 5.32 Å². The molecule has 0 saturated heterocycles. The van der Waals surface area contributed by atoms with E-state index in [2.05, 4.69) is 10.4 Å². The molecule has 1 amide bonds. The van der Waals surface area contributed by atoms with Gasteiger partial charge in [0.25, 0.3) is 5.91 Å². The molecule has 2 rings (SSSR count). The van der Waals surface area contributed by atoms with Crippen molar-refractivity contribution in [2.24, 2.45) is 5.14 Å². The van der Waals surface area contributed by atoms with Crippen molar-refractivity contribution in [3.05, 3.63) is 52.8 Å². The first-order valence-electron chi connectivity index (χ1n) is 7.13. The van der Waals surface area contributed by atoms with Crippen LogP contribution >= 0.6 is 0 Å². The van der Waals surface area contributed by atoms with Gasteiger partial charge in [-0.2, -0.15) is 5.10 Å². The number of hydrogen-bond acceptors (Lipinski definition) is 4. The summed E-state index contributed by atoms with van der Waals surface area (Å²) in [5, 5.41) is 11.8. The molecule has 1 aromatic carbocycles. The highest BCUT2D eigenvalue weighted by molar-refractivity contribution is 7.89. The normalized spacial score (nSPS) is 11.4. The van der Waals surface area contributed by atoms with Crippen LogP contribution in [0.1, 0.15) is 27.3 Å². The van der Waals surface area contributed by atoms with Crippen molar-refractivity contribution in [1.29, 1.82) is 0 Å². The summed E-state index contributed by atoms with van der Waals surface area (Å²) in [6.07, 6.45) is 0. The number of sulfonamides is 1. The summed E-state index contributed by atoms with van der Waals surface area (Å²) in [5.74, 6) is -0.610. The lowest BCUT2D eigenvalue weighted by Crippen LogP contribution is -2.31. The van der Waals surface area contributed by atoms with E-state index >= 15 is 0 Å². The topological polar surface area (TPSA) is 107 Å². The zero-order chi connectivity index (χ0) is 17.0. The lowest BCUT2D eigenvalue weighted by atomic mass is 10.1. The SMILES string of the molecule is Cc1cc(C)n(Cc2ccc(C(=O)NCCS(N)(=O)=O)cc2)n1. The number of amides is 1. The van der Waals surface area contributed by atoms with E-state index in [1.165, 1.54) is 0 Å². The van der Waals surface area contributed by atoms with Gasteiger partial charge in [-0.05, 0) is 37.6 Å². The number of nitrogens with zero attached hydrogens (tertiary/aromatic N) is 2. The molecule has 0 aliphatic heterocycles. The monoisotopic (exact) mass is 336 g/mol. The van der Waals surface area contributed by atoms with E-state index in [1.807, 2.05) is 36.7 Å². The first kappa shape index (κ1) is 17.2. The number of rotatable bonds is 6. The highest BCUT2D eigenvalue weighted by Gasteiger charge is 2.08. The summed E-state index contributed by atoms with van der Waals surface area (Å²) < 4.78 is 23.5. The number of hydrogen-bond donors (Lipinski definition) is 2. The van der Waals surface area contributed by atoms with Crippen molar-refractivity contribution in [3.63, 3.8) is 0 Å². The van der Waals surface area contributed by atoms with Crippen LogP contribution in [0.2, 0.25) is 0 Å². The van der Waals surface area contributed by atoms with E-state index in [9.17, 15) is 13.2 Å². The quantitative estimate of drug-likeness (QED) is 0.804. The minimum Gasteiger partial charge on any atom is -0.351 e. The van der Waals surface area contributed by atoms with Crippen LogP contribution in [0.15, 0.2) is 30.3 Å². The highest BCUT2D eigenvalue weighted by atomic mass is 32.2. The fraction of sp³-hybridized carbons (Fsp3) is 0.333. The zero-order valence-electron chi connectivity index (χ0n) is 13.1. The minimum atomic E-state index is -3.57. The molecule has 0 unspecified atom stereocenters. The number of nitrogens with one attached hydrogen (secondary N) is 1. The molecule has 8 heteroatoms. The van der Waals surface area contributed by atoms with E-state index in [0.717, 1.165) is 17.0 Å². The first-order chi connectivity index (χ1) is 10.7. The van der Waals surface area contributed by atoms with Crippen LogP contribution < -0.4 is 10.5 Å². The van der Waals surface area contributed by atoms with E-state index in [0.29, 0.717) is 12.1 Å². The second-order valence-corrected chi connectivity index (χ2v) is 7.14. The number of aromatic nitrogens is 2. The second kappa shape index (κ2) is 6.93. The molecule has 23 heavy (non-hydrogen) atoms. The maximum Gasteiger partial charge on any atom is 0.251 e. The Morgan fingerprint density at radius 2 is 1.91 bits per heavy atom. The summed E-state index contributed by atoms with van der Waals surface area (Å²) in [7, 11) is -3.57. The predicted molar refractivity (Wildman–Crippen MR) is 87.6 cm³/mol. The average molecular weight is 336 g/mol. The van der Waals surface area contributed by atoms with Gasteiger partial charge in [0.2, 0.25) is 10.0 Å². The van der Waals surface area contributed by atoms with Gasteiger partial charge in [-0.1, -0.05) is 12.1 Å². The molecule has 0 aliphatic rings. The fourth-order valence-electron chi connectivity index (χ4n) is 2.18. The predicted octanol–water partition coefficient (Wildman–Crippen LogP) is 0.567. The van der Waals surface area contributed by atoms with E-state index in [4.69, 9.17) is 5.14 Å². The highest BCUT2D eigenvalue weighted by Crippen LogP contribution is 2.09. The van der Waals surface area contributed by atoms with Crippen molar-refractivity contribution >= 4 is 15.9 Å². The van der Waals surface area contributed by atoms with Crippen molar-refractivity contribution < 1.29 is 13.2 Å². The first-order valence-corrected chi connectivity index (χ1v) is 8.85. The molecular formula is C15H20N4O3S. The number of primary sulfonamides is 1. The van der Waals surface area contributed by atoms with Gasteiger partial charge >= 0.3 is 0 Å². The molecule has 0 radical (unpaired) electrons. The van der Waals surface area contributed by atoms with Gasteiger partial charge in [0, 0.05) is 17.8 Å². The van der Waals surface area contributed by atoms with Gasteiger partial charge in [-0.3, -0.25) is 9.48 Å². The number of benzene rings is 1. The van der Waals surface area contributed by atoms with Crippen LogP contribution in [0.4, 0.5) is 0 Å². The number of aryl methyl sites for hydroxylation is 2. The van der Waals surface area contributed by atoms with Crippen LogP contribution in [0, 0.1) is 13.8 Å². The van der Waals surface area contributed by atoms with Gasteiger partial charge in [0.05, 0.1) is 18.0 Å². The number of carbonyl (C=O) groups is 1. The third-order valence-electron chi connectivity index (χ3n) is 3.32. The molecule has 0 fully saturated rings. The van der Waals surface area contributed by atoms with Crippen LogP contribution in [0.5, 0.6) is 0 Å². The Balaban J connectivity index is 1.96. The maximum absolute atomic E-state index is 11.9. The Bertz CT molecular complexity index is 795. The Morgan fingerprint density at radius 1 is 1.26 bits per heavy atom. The molecule has 1 heterocycles. The molecule has 0 bridgehead atoms. The van der Waals surface area contributed by atoms with Crippen LogP contribution in [0.3, 0.4) is 0 Å². The van der Waals surface area contributed by atoms with Gasteiger partial charge in [-0.15, -0.1) is 0 Å². The molecule has 2 aromatic rings. The lowest BCUT2D eigenvalue weighted by Gasteiger charge is -2.07. The summed E-state index contributed by atoms with van der Waals surface area (Å²) in [6, 6.07) is 9.12. The maximum atomic E-state index is 11.9. The van der Waals surface area contributed by atoms with Crippen molar-refractivity contribution in [2.75, 3.05) is 12.3 Å². The smallest absolute Gasteiger partial charge is 0.251 e. The Hall–Kier alpha value is -2.19. The van der Waals surface area contributed by atoms with E-state index < -0.39 is 10.0 Å². The summed E-state index contributed by atoms with van der Waals surface area (Å²) in [5.41, 5.74) is 3.54. The largest absolute Gasteiger partial charge is 0.351 e. The molecule has 0 spiro atoms. The molecule has 0 saturated carbocycles. The molecule has 3 N–H and O–H groups in total. The summed E-state index contributed by atoms with van der Waals surface area (Å²) in [6.45, 7) is 4.56. The van der Waals surface area contributed by atoms with Crippen molar-refractivity contribution in [3.8, 4) is 0 Å². The van der Waals surface area contributed by atoms with Gasteiger partial charge in [0.15, 0.2) is 0 Å². The molecule has 7 nitrogen and oxygen atoms in total. The van der Waals surface area contributed by atoms with Gasteiger partial charge in [-0.25, -0.2) is 13.6 Å². The third kappa shape index (κ3) is 5.19. The van der Waals surface area contributed by atoms with Gasteiger partial charge in [0.1, 0.15) is 0 Å². The summed E-state index contributed by atoms with van der Waals surface area (Å²) in [4.78, 5) is 11.9. The zero-order valence-corrected chi connectivity index (χ0v) is 13.9. The molecular weight excluding hydrogens is 316 g/mol. The molecule has 0 atom stereocenters. The minimum absolute atomic E-state index is 0.00875. The lowest BCUT2D eigenvalue weighted by molar-refractivity contribution is 0.0956. The molecule has 124 valence electrons. The van der Waals surface area contributed by atoms with E-state index in [-0.39, 0.29) is 18.2 Å². The van der Waals surface area contributed by atoms with Crippen molar-refractivity contribution in [2.45, 2.75) is 20.4 Å². The third-order valence-corrected chi connectivity index (χ3v) is 4.10. The fourth-order valence-corrected chi connectivity index (χ4v) is 2.56. The van der Waals surface area contributed by atoms with Crippen molar-refractivity contribution in [1.82, 2.24) is 15.1 Å². The van der Waals surface area contributed by atoms with Crippen LogP contribution in [-0.2, 0) is 16.6 Å². The molecule has 0 aliphatic carbocycles. The van der Waals surface area contributed by atoms with Crippen LogP contribution in [-0.4, -0.2) is 36.4 Å². The Labute approximate surface area is 135 Å². The average Bonchev–Trinajstić information content (AvgIpc) is 2.76. The molecule has 1 aromatic heterocycles. The summed E-state index contributed by atoms with van der Waals surface area (Å²) >= 11 is 0. The number of carbonyl (C=O) groups excluding carboxylic acids is 1. The van der Waals surface area contributed by atoms with E-state index in [1.54, 1.807) is 12.1 Å². The Kier molecular flexibility index (Phi) is 5.17. The standard InChI is InChI=1S/C15H20N4O3S/c1-11-9-12(2)19(18-11)10-13-3-5-14(6-4-13)15(20)17-7-8-23(16,21)22/h3-6,9H,7-8,10H2,1-2H3,(H,17,20)(H2,16,21,22). The number of nitrogens with two attached hydrogens (primary N) is 1. The Morgan fingerprint density at radius 3 is 2.43 bits per heavy atom. The second-order valence-electron chi connectivity index (χ2n) is 5.40. The van der Waals surface area contributed by atoms with Crippen LogP contribution in [0.25, 0.3) is 0 Å².